The second-order valence-electron chi connectivity index (χ2n) is 5.02. The summed E-state index contributed by atoms with van der Waals surface area (Å²) in [5.74, 6) is -0.125. The molecule has 1 rings (SSSR count). The number of ether oxygens (including phenoxy) is 1. The van der Waals surface area contributed by atoms with Gasteiger partial charge < -0.3 is 10.1 Å². The lowest BCUT2D eigenvalue weighted by Crippen LogP contribution is -2.45. The lowest BCUT2D eigenvalue weighted by atomic mass is 9.86. The molecule has 0 aliphatic heterocycles. The number of hydrogen-bond acceptors (Lipinski definition) is 3. The first-order valence-electron chi connectivity index (χ1n) is 5.92. The van der Waals surface area contributed by atoms with Crippen LogP contribution < -0.4 is 5.32 Å². The Morgan fingerprint density at radius 2 is 1.76 bits per heavy atom. The number of nitrogens with one attached hydrogen (secondary N) is 1. The number of carbonyl (C=O) groups excluding carboxylic acids is 2. The maximum absolute atomic E-state index is 11.8. The molecule has 1 aliphatic carbocycles. The quantitative estimate of drug-likeness (QED) is 0.641. The summed E-state index contributed by atoms with van der Waals surface area (Å²) in [5, 5.41) is 3.00. The molecule has 0 aromatic rings. The van der Waals surface area contributed by atoms with Crippen molar-refractivity contribution in [3.63, 3.8) is 0 Å². The third kappa shape index (κ3) is 4.30. The van der Waals surface area contributed by atoms with Crippen molar-refractivity contribution < 1.29 is 14.3 Å². The van der Waals surface area contributed by atoms with Gasteiger partial charge >= 0.3 is 5.97 Å². The number of hydrogen-bond donors (Lipinski definition) is 1. The van der Waals surface area contributed by atoms with Gasteiger partial charge in [-0.25, -0.2) is 0 Å². The monoisotopic (exact) mass is 305 g/mol. The fraction of sp³-hybridized carbons (Fsp3) is 0.833. The number of alkyl halides is 1. The second-order valence-corrected chi connectivity index (χ2v) is 7.00. The fourth-order valence-electron chi connectivity index (χ4n) is 2.00. The van der Waals surface area contributed by atoms with Crippen molar-refractivity contribution in [1.82, 2.24) is 5.32 Å². The van der Waals surface area contributed by atoms with Crippen LogP contribution >= 0.6 is 15.9 Å². The summed E-state index contributed by atoms with van der Waals surface area (Å²) in [6, 6.07) is 0.181. The molecule has 0 atom stereocenters. The van der Waals surface area contributed by atoms with E-state index in [2.05, 4.69) is 21.2 Å². The molecule has 98 valence electrons. The predicted molar refractivity (Wildman–Crippen MR) is 68.9 cm³/mol. The maximum Gasteiger partial charge on any atom is 0.308 e. The zero-order chi connectivity index (χ0) is 13.1. The summed E-state index contributed by atoms with van der Waals surface area (Å²) in [7, 11) is 1.42. The highest BCUT2D eigenvalue weighted by Crippen LogP contribution is 2.26. The van der Waals surface area contributed by atoms with Crippen molar-refractivity contribution in [2.45, 2.75) is 49.9 Å². The minimum absolute atomic E-state index is 0.000909. The van der Waals surface area contributed by atoms with E-state index in [0.29, 0.717) is 0 Å². The molecule has 0 aromatic heterocycles. The minimum Gasteiger partial charge on any atom is -0.469 e. The van der Waals surface area contributed by atoms with E-state index in [1.54, 1.807) is 0 Å². The van der Waals surface area contributed by atoms with Crippen molar-refractivity contribution in [2.24, 2.45) is 5.92 Å². The highest BCUT2D eigenvalue weighted by molar-refractivity contribution is 9.10. The smallest absolute Gasteiger partial charge is 0.308 e. The number of esters is 1. The van der Waals surface area contributed by atoms with Gasteiger partial charge in [0.2, 0.25) is 5.91 Å². The van der Waals surface area contributed by atoms with Crippen LogP contribution in [0.5, 0.6) is 0 Å². The average molecular weight is 306 g/mol. The lowest BCUT2D eigenvalue weighted by molar-refractivity contribution is -0.146. The average Bonchev–Trinajstić information content (AvgIpc) is 2.27. The van der Waals surface area contributed by atoms with Gasteiger partial charge in [0.15, 0.2) is 0 Å². The first kappa shape index (κ1) is 14.5. The number of rotatable bonds is 3. The van der Waals surface area contributed by atoms with Crippen LogP contribution in [0.15, 0.2) is 0 Å². The molecule has 17 heavy (non-hydrogen) atoms. The van der Waals surface area contributed by atoms with Gasteiger partial charge in [0, 0.05) is 6.04 Å². The molecule has 1 N–H and O–H groups in total. The Labute approximate surface area is 111 Å². The van der Waals surface area contributed by atoms with Crippen LogP contribution in [0, 0.1) is 5.92 Å². The number of halogens is 1. The molecule has 4 nitrogen and oxygen atoms in total. The second kappa shape index (κ2) is 5.85. The molecule has 1 aliphatic rings. The molecular formula is C12H20BrNO3. The Hall–Kier alpha value is -0.580. The van der Waals surface area contributed by atoms with Gasteiger partial charge in [-0.2, -0.15) is 0 Å². The van der Waals surface area contributed by atoms with E-state index in [4.69, 9.17) is 4.74 Å². The van der Waals surface area contributed by atoms with Crippen LogP contribution in [0.4, 0.5) is 0 Å². The first-order chi connectivity index (χ1) is 7.84. The molecule has 0 spiro atoms. The van der Waals surface area contributed by atoms with E-state index in [0.717, 1.165) is 25.7 Å². The molecule has 0 saturated heterocycles. The van der Waals surface area contributed by atoms with Crippen molar-refractivity contribution in [3.05, 3.63) is 0 Å². The summed E-state index contributed by atoms with van der Waals surface area (Å²) in [4.78, 5) is 23.1. The lowest BCUT2D eigenvalue weighted by Gasteiger charge is -2.29. The maximum atomic E-state index is 11.8. The van der Waals surface area contributed by atoms with Gasteiger partial charge in [-0.05, 0) is 39.5 Å². The fourth-order valence-corrected chi connectivity index (χ4v) is 2.11. The molecule has 0 unspecified atom stereocenters. The first-order valence-corrected chi connectivity index (χ1v) is 6.71. The minimum atomic E-state index is -0.536. The molecule has 0 heterocycles. The van der Waals surface area contributed by atoms with Crippen LogP contribution in [0.1, 0.15) is 39.5 Å². The third-order valence-corrected chi connectivity index (χ3v) is 3.50. The van der Waals surface area contributed by atoms with Gasteiger partial charge in [-0.3, -0.25) is 9.59 Å². The van der Waals surface area contributed by atoms with Crippen LogP contribution in [0.2, 0.25) is 0 Å². The van der Waals surface area contributed by atoms with Crippen LogP contribution in [0.25, 0.3) is 0 Å². The van der Waals surface area contributed by atoms with E-state index < -0.39 is 4.32 Å². The van der Waals surface area contributed by atoms with E-state index in [1.165, 1.54) is 7.11 Å². The zero-order valence-corrected chi connectivity index (χ0v) is 12.2. The summed E-state index contributed by atoms with van der Waals surface area (Å²) in [5.41, 5.74) is 0. The highest BCUT2D eigenvalue weighted by Gasteiger charge is 2.30. The Bertz CT molecular complexity index is 291. The van der Waals surface area contributed by atoms with Crippen molar-refractivity contribution in [2.75, 3.05) is 7.11 Å². The predicted octanol–water partition coefficient (Wildman–Crippen LogP) is 2.01. The van der Waals surface area contributed by atoms with Gasteiger partial charge in [-0.1, -0.05) is 15.9 Å². The van der Waals surface area contributed by atoms with E-state index >= 15 is 0 Å². The summed E-state index contributed by atoms with van der Waals surface area (Å²) in [6.45, 7) is 3.64. The molecule has 0 radical (unpaired) electrons. The number of methoxy groups -OCH3 is 1. The molecule has 0 aromatic carbocycles. The van der Waals surface area contributed by atoms with Crippen LogP contribution in [0.3, 0.4) is 0 Å². The summed E-state index contributed by atoms with van der Waals surface area (Å²) in [6.07, 6.45) is 3.27. The van der Waals surface area contributed by atoms with Crippen LogP contribution in [-0.2, 0) is 14.3 Å². The van der Waals surface area contributed by atoms with Crippen molar-refractivity contribution in [3.8, 4) is 0 Å². The Kier molecular flexibility index (Phi) is 4.98. The van der Waals surface area contributed by atoms with Crippen molar-refractivity contribution in [1.29, 1.82) is 0 Å². The van der Waals surface area contributed by atoms with Gasteiger partial charge in [0.25, 0.3) is 0 Å². The Morgan fingerprint density at radius 3 is 2.18 bits per heavy atom. The Morgan fingerprint density at radius 1 is 1.24 bits per heavy atom. The van der Waals surface area contributed by atoms with E-state index in [9.17, 15) is 9.59 Å². The van der Waals surface area contributed by atoms with E-state index in [1.807, 2.05) is 13.8 Å². The molecule has 5 heteroatoms. The SMILES string of the molecule is COC(=O)C1CCC(NC(=O)C(C)(C)Br)CC1. The Balaban J connectivity index is 2.38. The van der Waals surface area contributed by atoms with Crippen molar-refractivity contribution >= 4 is 27.8 Å². The van der Waals surface area contributed by atoms with E-state index in [-0.39, 0.29) is 23.8 Å². The molecule has 0 bridgehead atoms. The molecule has 1 saturated carbocycles. The normalized spacial score (nSPS) is 25.2. The molecule has 1 amide bonds. The zero-order valence-electron chi connectivity index (χ0n) is 10.6. The largest absolute Gasteiger partial charge is 0.469 e. The van der Waals surface area contributed by atoms with Gasteiger partial charge in [-0.15, -0.1) is 0 Å². The van der Waals surface area contributed by atoms with Crippen LogP contribution in [-0.4, -0.2) is 29.4 Å². The van der Waals surface area contributed by atoms with Gasteiger partial charge in [0.05, 0.1) is 17.4 Å². The summed E-state index contributed by atoms with van der Waals surface area (Å²) >= 11 is 3.33. The standard InChI is InChI=1S/C12H20BrNO3/c1-12(2,13)11(16)14-9-6-4-8(5-7-9)10(15)17-3/h8-9H,4-7H2,1-3H3,(H,14,16). The topological polar surface area (TPSA) is 55.4 Å². The highest BCUT2D eigenvalue weighted by atomic mass is 79.9. The molecular weight excluding hydrogens is 286 g/mol. The number of carbonyl (C=O) groups is 2. The molecule has 1 fully saturated rings. The third-order valence-electron chi connectivity index (χ3n) is 3.14. The summed E-state index contributed by atoms with van der Waals surface area (Å²) < 4.78 is 4.19. The number of amides is 1. The van der Waals surface area contributed by atoms with Gasteiger partial charge in [0.1, 0.15) is 0 Å².